The van der Waals surface area contributed by atoms with E-state index in [1.807, 2.05) is 55.5 Å². The van der Waals surface area contributed by atoms with E-state index in [4.69, 9.17) is 9.47 Å². The van der Waals surface area contributed by atoms with Crippen molar-refractivity contribution in [3.8, 4) is 5.75 Å². The second kappa shape index (κ2) is 7.66. The highest BCUT2D eigenvalue weighted by atomic mass is 32.1. The fourth-order valence-electron chi connectivity index (χ4n) is 3.56. The van der Waals surface area contributed by atoms with Crippen molar-refractivity contribution in [2.45, 2.75) is 25.2 Å². The zero-order valence-corrected chi connectivity index (χ0v) is 16.1. The Morgan fingerprint density at radius 1 is 1.22 bits per heavy atom. The molecular weight excluding hydrogens is 360 g/mol. The van der Waals surface area contributed by atoms with E-state index >= 15 is 0 Å². The largest absolute Gasteiger partial charge is 0.494 e. The molecule has 0 atom stereocenters. The molecule has 1 fully saturated rings. The zero-order valence-electron chi connectivity index (χ0n) is 15.2. The molecule has 1 aliphatic rings. The van der Waals surface area contributed by atoms with E-state index in [9.17, 15) is 4.79 Å². The number of ether oxygens (including phenoxy) is 2. The van der Waals surface area contributed by atoms with Crippen LogP contribution in [0.1, 0.15) is 25.3 Å². The van der Waals surface area contributed by atoms with Gasteiger partial charge in [-0.1, -0.05) is 41.7 Å². The Morgan fingerprint density at radius 3 is 2.74 bits per heavy atom. The molecule has 1 aliphatic heterocycles. The SMILES string of the molecule is CCOc1ccc2nc(NC(=O)C3(c4ccccc4)CCOCC3)sc2c1. The molecule has 140 valence electrons. The number of benzene rings is 2. The van der Waals surface area contributed by atoms with E-state index in [-0.39, 0.29) is 5.91 Å². The van der Waals surface area contributed by atoms with Crippen LogP contribution in [0.15, 0.2) is 48.5 Å². The number of hydrogen-bond donors (Lipinski definition) is 1. The highest BCUT2D eigenvalue weighted by molar-refractivity contribution is 7.22. The molecule has 27 heavy (non-hydrogen) atoms. The van der Waals surface area contributed by atoms with Crippen LogP contribution in [0.5, 0.6) is 5.75 Å². The molecule has 4 rings (SSSR count). The summed E-state index contributed by atoms with van der Waals surface area (Å²) in [7, 11) is 0. The first-order valence-electron chi connectivity index (χ1n) is 9.19. The number of hydrogen-bond acceptors (Lipinski definition) is 5. The van der Waals surface area contributed by atoms with Gasteiger partial charge < -0.3 is 14.8 Å². The number of rotatable bonds is 5. The fourth-order valence-corrected chi connectivity index (χ4v) is 4.44. The van der Waals surface area contributed by atoms with Crippen LogP contribution in [0.4, 0.5) is 5.13 Å². The molecule has 0 radical (unpaired) electrons. The average Bonchev–Trinajstić information content (AvgIpc) is 3.11. The van der Waals surface area contributed by atoms with Crippen molar-refractivity contribution in [2.24, 2.45) is 0 Å². The lowest BCUT2D eigenvalue weighted by atomic mass is 9.73. The van der Waals surface area contributed by atoms with E-state index in [1.54, 1.807) is 0 Å². The second-order valence-electron chi connectivity index (χ2n) is 6.60. The van der Waals surface area contributed by atoms with Crippen LogP contribution in [-0.2, 0) is 14.9 Å². The minimum Gasteiger partial charge on any atom is -0.494 e. The van der Waals surface area contributed by atoms with Crippen molar-refractivity contribution < 1.29 is 14.3 Å². The van der Waals surface area contributed by atoms with E-state index in [0.29, 0.717) is 37.8 Å². The van der Waals surface area contributed by atoms with Gasteiger partial charge in [0, 0.05) is 13.2 Å². The molecule has 2 heterocycles. The summed E-state index contributed by atoms with van der Waals surface area (Å²) in [6, 6.07) is 15.8. The second-order valence-corrected chi connectivity index (χ2v) is 7.63. The highest BCUT2D eigenvalue weighted by Crippen LogP contribution is 2.37. The van der Waals surface area contributed by atoms with Gasteiger partial charge in [-0.15, -0.1) is 0 Å². The third-order valence-corrected chi connectivity index (χ3v) is 5.93. The number of carbonyl (C=O) groups is 1. The highest BCUT2D eigenvalue weighted by Gasteiger charge is 2.42. The molecular formula is C21H22N2O3S. The zero-order chi connectivity index (χ0) is 18.7. The van der Waals surface area contributed by atoms with Crippen LogP contribution in [0.3, 0.4) is 0 Å². The predicted octanol–water partition coefficient (Wildman–Crippen LogP) is 4.38. The minimum absolute atomic E-state index is 0.0129. The fraction of sp³-hybridized carbons (Fsp3) is 0.333. The third kappa shape index (κ3) is 3.55. The van der Waals surface area contributed by atoms with E-state index < -0.39 is 5.41 Å². The summed E-state index contributed by atoms with van der Waals surface area (Å²) in [5.74, 6) is 0.804. The minimum atomic E-state index is -0.576. The maximum Gasteiger partial charge on any atom is 0.236 e. The Hall–Kier alpha value is -2.44. The summed E-state index contributed by atoms with van der Waals surface area (Å²) < 4.78 is 12.1. The summed E-state index contributed by atoms with van der Waals surface area (Å²) >= 11 is 1.47. The first-order chi connectivity index (χ1) is 13.2. The average molecular weight is 382 g/mol. The molecule has 1 saturated heterocycles. The summed E-state index contributed by atoms with van der Waals surface area (Å²) in [6.07, 6.45) is 1.34. The predicted molar refractivity (Wildman–Crippen MR) is 108 cm³/mol. The van der Waals surface area contributed by atoms with Gasteiger partial charge in [0.2, 0.25) is 5.91 Å². The quantitative estimate of drug-likeness (QED) is 0.711. The lowest BCUT2D eigenvalue weighted by Crippen LogP contribution is -2.44. The van der Waals surface area contributed by atoms with Gasteiger partial charge in [0.15, 0.2) is 5.13 Å². The number of fused-ring (bicyclic) bond motifs is 1. The Labute approximate surface area is 162 Å². The molecule has 6 heteroatoms. The molecule has 0 spiro atoms. The molecule has 0 saturated carbocycles. The van der Waals surface area contributed by atoms with Crippen LogP contribution in [0.25, 0.3) is 10.2 Å². The van der Waals surface area contributed by atoms with Gasteiger partial charge in [-0.2, -0.15) is 0 Å². The van der Waals surface area contributed by atoms with E-state index in [2.05, 4.69) is 10.3 Å². The number of carbonyl (C=O) groups excluding carboxylic acids is 1. The number of anilines is 1. The molecule has 1 amide bonds. The van der Waals surface area contributed by atoms with Crippen LogP contribution in [0, 0.1) is 0 Å². The molecule has 0 aliphatic carbocycles. The van der Waals surface area contributed by atoms with Crippen molar-refractivity contribution in [1.82, 2.24) is 4.98 Å². The number of nitrogens with zero attached hydrogens (tertiary/aromatic N) is 1. The van der Waals surface area contributed by atoms with Crippen molar-refractivity contribution in [2.75, 3.05) is 25.1 Å². The van der Waals surface area contributed by atoms with E-state index in [0.717, 1.165) is 21.5 Å². The van der Waals surface area contributed by atoms with Gasteiger partial charge in [-0.05, 0) is 43.5 Å². The normalized spacial score (nSPS) is 16.2. The van der Waals surface area contributed by atoms with Crippen LogP contribution >= 0.6 is 11.3 Å². The molecule has 1 N–H and O–H groups in total. The molecule has 2 aromatic carbocycles. The van der Waals surface area contributed by atoms with Crippen molar-refractivity contribution in [3.05, 3.63) is 54.1 Å². The monoisotopic (exact) mass is 382 g/mol. The summed E-state index contributed by atoms with van der Waals surface area (Å²) in [5, 5.41) is 3.68. The van der Waals surface area contributed by atoms with Crippen molar-refractivity contribution >= 4 is 32.6 Å². The topological polar surface area (TPSA) is 60.5 Å². The number of thiazole rings is 1. The molecule has 0 bridgehead atoms. The number of aromatic nitrogens is 1. The van der Waals surface area contributed by atoms with Crippen molar-refractivity contribution in [1.29, 1.82) is 0 Å². The van der Waals surface area contributed by atoms with Gasteiger partial charge in [-0.3, -0.25) is 4.79 Å². The number of nitrogens with one attached hydrogen (secondary N) is 1. The van der Waals surface area contributed by atoms with Gasteiger partial charge >= 0.3 is 0 Å². The van der Waals surface area contributed by atoms with Crippen LogP contribution < -0.4 is 10.1 Å². The van der Waals surface area contributed by atoms with Gasteiger partial charge in [-0.25, -0.2) is 4.98 Å². The Balaban J connectivity index is 1.62. The van der Waals surface area contributed by atoms with Gasteiger partial charge in [0.05, 0.1) is 22.2 Å². The first kappa shape index (κ1) is 17.9. The lowest BCUT2D eigenvalue weighted by Gasteiger charge is -2.35. The van der Waals surface area contributed by atoms with Crippen LogP contribution in [-0.4, -0.2) is 30.7 Å². The third-order valence-electron chi connectivity index (χ3n) is 5.00. The van der Waals surface area contributed by atoms with Gasteiger partial charge in [0.1, 0.15) is 5.75 Å². The number of amides is 1. The Morgan fingerprint density at radius 2 is 2.00 bits per heavy atom. The van der Waals surface area contributed by atoms with Crippen molar-refractivity contribution in [3.63, 3.8) is 0 Å². The summed E-state index contributed by atoms with van der Waals surface area (Å²) in [4.78, 5) is 17.9. The van der Waals surface area contributed by atoms with Crippen LogP contribution in [0.2, 0.25) is 0 Å². The summed E-state index contributed by atoms with van der Waals surface area (Å²) in [6.45, 7) is 3.74. The molecule has 1 aromatic heterocycles. The summed E-state index contributed by atoms with van der Waals surface area (Å²) in [5.41, 5.74) is 1.32. The molecule has 5 nitrogen and oxygen atoms in total. The smallest absolute Gasteiger partial charge is 0.236 e. The molecule has 0 unspecified atom stereocenters. The molecule has 3 aromatic rings. The Kier molecular flexibility index (Phi) is 5.09. The maximum atomic E-state index is 13.3. The van der Waals surface area contributed by atoms with E-state index in [1.165, 1.54) is 11.3 Å². The first-order valence-corrected chi connectivity index (χ1v) is 10.0. The maximum absolute atomic E-state index is 13.3. The Bertz CT molecular complexity index is 933. The standard InChI is InChI=1S/C21H22N2O3S/c1-2-26-16-8-9-17-18(14-16)27-20(22-17)23-19(24)21(10-12-25-13-11-21)15-6-4-3-5-7-15/h3-9,14H,2,10-13H2,1H3,(H,22,23,24). The lowest BCUT2D eigenvalue weighted by molar-refractivity contribution is -0.125. The van der Waals surface area contributed by atoms with Gasteiger partial charge in [0.25, 0.3) is 0 Å².